The summed E-state index contributed by atoms with van der Waals surface area (Å²) in [5, 5.41) is 3.32. The molecule has 2 aliphatic rings. The minimum absolute atomic E-state index is 0.00868. The van der Waals surface area contributed by atoms with Crippen LogP contribution in [0.5, 0.6) is 0 Å². The molecule has 1 aliphatic heterocycles. The molecule has 0 aromatic carbocycles. The number of amides is 1. The molecule has 0 bridgehead atoms. The molecule has 2 rings (SSSR count). The van der Waals surface area contributed by atoms with Crippen LogP contribution in [0.15, 0.2) is 0 Å². The second-order valence-electron chi connectivity index (χ2n) is 4.73. The Balaban J connectivity index is 2.18. The zero-order valence-electron chi connectivity index (χ0n) is 8.47. The van der Waals surface area contributed by atoms with Gasteiger partial charge in [0.25, 0.3) is 0 Å². The van der Waals surface area contributed by atoms with Gasteiger partial charge in [-0.15, -0.1) is 0 Å². The first-order valence-corrected chi connectivity index (χ1v) is 5.14. The molecule has 3 nitrogen and oxygen atoms in total. The summed E-state index contributed by atoms with van der Waals surface area (Å²) in [6.45, 7) is 6.07. The number of nitrogens with zero attached hydrogens (tertiary/aromatic N) is 1. The van der Waals surface area contributed by atoms with Crippen molar-refractivity contribution in [1.82, 2.24) is 10.2 Å². The molecule has 13 heavy (non-hydrogen) atoms. The number of carbonyl (C=O) groups excluding carboxylic acids is 1. The predicted molar refractivity (Wildman–Crippen MR) is 51.4 cm³/mol. The number of hydrogen-bond donors (Lipinski definition) is 1. The molecule has 1 saturated carbocycles. The van der Waals surface area contributed by atoms with E-state index >= 15 is 0 Å². The largest absolute Gasteiger partial charge is 0.333 e. The van der Waals surface area contributed by atoms with Crippen LogP contribution in [0.2, 0.25) is 0 Å². The third kappa shape index (κ3) is 1.70. The van der Waals surface area contributed by atoms with Crippen LogP contribution in [0, 0.1) is 0 Å². The van der Waals surface area contributed by atoms with Crippen LogP contribution in [0.3, 0.4) is 0 Å². The van der Waals surface area contributed by atoms with Crippen LogP contribution in [-0.2, 0) is 4.79 Å². The van der Waals surface area contributed by atoms with Crippen molar-refractivity contribution >= 4 is 5.91 Å². The molecule has 1 N–H and O–H groups in total. The van der Waals surface area contributed by atoms with Crippen molar-refractivity contribution in [3.8, 4) is 0 Å². The van der Waals surface area contributed by atoms with Crippen molar-refractivity contribution in [3.63, 3.8) is 0 Å². The van der Waals surface area contributed by atoms with Crippen molar-refractivity contribution < 1.29 is 4.79 Å². The van der Waals surface area contributed by atoms with E-state index in [1.165, 1.54) is 12.8 Å². The molecule has 74 valence electrons. The van der Waals surface area contributed by atoms with Gasteiger partial charge >= 0.3 is 0 Å². The second kappa shape index (κ2) is 2.98. The van der Waals surface area contributed by atoms with Crippen molar-refractivity contribution in [2.45, 2.75) is 44.7 Å². The Bertz CT molecular complexity index is 221. The zero-order valence-corrected chi connectivity index (χ0v) is 8.47. The first-order chi connectivity index (χ1) is 6.11. The summed E-state index contributed by atoms with van der Waals surface area (Å²) in [7, 11) is 0. The van der Waals surface area contributed by atoms with E-state index in [0.717, 1.165) is 13.1 Å². The summed E-state index contributed by atoms with van der Waals surface area (Å²) in [6.07, 6.45) is 3.07. The van der Waals surface area contributed by atoms with Crippen LogP contribution < -0.4 is 5.32 Å². The molecule has 3 heteroatoms. The highest BCUT2D eigenvalue weighted by Gasteiger charge is 2.42. The molecule has 0 unspecified atom stereocenters. The summed E-state index contributed by atoms with van der Waals surface area (Å²) in [4.78, 5) is 13.9. The monoisotopic (exact) mass is 182 g/mol. The minimum Gasteiger partial charge on any atom is -0.333 e. The Labute approximate surface area is 79.5 Å². The summed E-state index contributed by atoms with van der Waals surface area (Å²) in [6, 6.07) is 0.544. The Morgan fingerprint density at radius 1 is 1.46 bits per heavy atom. The molecule has 1 aliphatic carbocycles. The van der Waals surface area contributed by atoms with E-state index in [9.17, 15) is 4.79 Å². The van der Waals surface area contributed by atoms with Gasteiger partial charge in [-0.3, -0.25) is 4.79 Å². The fourth-order valence-corrected chi connectivity index (χ4v) is 2.16. The number of nitrogens with one attached hydrogen (secondary N) is 1. The van der Waals surface area contributed by atoms with Gasteiger partial charge in [-0.25, -0.2) is 0 Å². The lowest BCUT2D eigenvalue weighted by Gasteiger charge is -2.37. The molecule has 0 atom stereocenters. The maximum atomic E-state index is 11.8. The van der Waals surface area contributed by atoms with Crippen molar-refractivity contribution in [3.05, 3.63) is 0 Å². The molecule has 1 heterocycles. The maximum absolute atomic E-state index is 11.8. The SMILES string of the molecule is CC1(C)CNCCC(=O)N1C1CC1. The van der Waals surface area contributed by atoms with Gasteiger partial charge in [0.2, 0.25) is 5.91 Å². The molecule has 0 aromatic rings. The highest BCUT2D eigenvalue weighted by atomic mass is 16.2. The number of hydrogen-bond acceptors (Lipinski definition) is 2. The van der Waals surface area contributed by atoms with E-state index in [-0.39, 0.29) is 5.54 Å². The van der Waals surface area contributed by atoms with Gasteiger partial charge in [-0.05, 0) is 26.7 Å². The molecular weight excluding hydrogens is 164 g/mol. The highest BCUT2D eigenvalue weighted by Crippen LogP contribution is 2.33. The molecule has 1 amide bonds. The fraction of sp³-hybridized carbons (Fsp3) is 0.900. The van der Waals surface area contributed by atoms with Crippen LogP contribution in [-0.4, -0.2) is 35.5 Å². The average molecular weight is 182 g/mol. The second-order valence-corrected chi connectivity index (χ2v) is 4.73. The Morgan fingerprint density at radius 2 is 2.15 bits per heavy atom. The van der Waals surface area contributed by atoms with Gasteiger partial charge in [0.05, 0.1) is 0 Å². The van der Waals surface area contributed by atoms with E-state index < -0.39 is 0 Å². The molecule has 1 saturated heterocycles. The quantitative estimate of drug-likeness (QED) is 0.649. The van der Waals surface area contributed by atoms with Gasteiger partial charge in [0.15, 0.2) is 0 Å². The highest BCUT2D eigenvalue weighted by molar-refractivity contribution is 5.78. The standard InChI is InChI=1S/C10H18N2O/c1-10(2)7-11-6-5-9(13)12(10)8-3-4-8/h8,11H,3-7H2,1-2H3. The van der Waals surface area contributed by atoms with Crippen LogP contribution in [0.25, 0.3) is 0 Å². The smallest absolute Gasteiger partial charge is 0.224 e. The zero-order chi connectivity index (χ0) is 9.47. The molecular formula is C10H18N2O. The lowest BCUT2D eigenvalue weighted by atomic mass is 10.0. The molecule has 0 spiro atoms. The van der Waals surface area contributed by atoms with Gasteiger partial charge < -0.3 is 10.2 Å². The number of carbonyl (C=O) groups is 1. The van der Waals surface area contributed by atoms with E-state index in [1.54, 1.807) is 0 Å². The third-order valence-electron chi connectivity index (χ3n) is 2.91. The third-order valence-corrected chi connectivity index (χ3v) is 2.91. The summed E-state index contributed by atoms with van der Waals surface area (Å²) in [5.41, 5.74) is 0.00868. The summed E-state index contributed by atoms with van der Waals surface area (Å²) >= 11 is 0. The topological polar surface area (TPSA) is 32.3 Å². The van der Waals surface area contributed by atoms with Crippen molar-refractivity contribution in [2.75, 3.05) is 13.1 Å². The summed E-state index contributed by atoms with van der Waals surface area (Å²) < 4.78 is 0. The first kappa shape index (κ1) is 9.00. The predicted octanol–water partition coefficient (Wildman–Crippen LogP) is 0.749. The van der Waals surface area contributed by atoms with E-state index in [2.05, 4.69) is 24.1 Å². The number of rotatable bonds is 1. The Kier molecular flexibility index (Phi) is 2.06. The Hall–Kier alpha value is -0.570. The van der Waals surface area contributed by atoms with E-state index in [1.807, 2.05) is 0 Å². The minimum atomic E-state index is 0.00868. The van der Waals surface area contributed by atoms with Gasteiger partial charge in [-0.1, -0.05) is 0 Å². The van der Waals surface area contributed by atoms with Crippen molar-refractivity contribution in [1.29, 1.82) is 0 Å². The lowest BCUT2D eigenvalue weighted by Crippen LogP contribution is -2.51. The summed E-state index contributed by atoms with van der Waals surface area (Å²) in [5.74, 6) is 0.331. The average Bonchev–Trinajstić information content (AvgIpc) is 2.80. The van der Waals surface area contributed by atoms with E-state index in [4.69, 9.17) is 0 Å². The van der Waals surface area contributed by atoms with Gasteiger partial charge in [0, 0.05) is 31.1 Å². The lowest BCUT2D eigenvalue weighted by molar-refractivity contribution is -0.135. The normalized spacial score (nSPS) is 28.8. The molecule has 2 fully saturated rings. The molecule has 0 aromatic heterocycles. The van der Waals surface area contributed by atoms with Crippen LogP contribution >= 0.6 is 0 Å². The van der Waals surface area contributed by atoms with E-state index in [0.29, 0.717) is 18.4 Å². The molecule has 0 radical (unpaired) electrons. The van der Waals surface area contributed by atoms with Gasteiger partial charge in [0.1, 0.15) is 0 Å². The maximum Gasteiger partial charge on any atom is 0.224 e. The first-order valence-electron chi connectivity index (χ1n) is 5.14. The van der Waals surface area contributed by atoms with Crippen LogP contribution in [0.1, 0.15) is 33.1 Å². The fourth-order valence-electron chi connectivity index (χ4n) is 2.16. The Morgan fingerprint density at radius 3 is 2.77 bits per heavy atom. The van der Waals surface area contributed by atoms with Gasteiger partial charge in [-0.2, -0.15) is 0 Å². The van der Waals surface area contributed by atoms with Crippen molar-refractivity contribution in [2.24, 2.45) is 0 Å². The van der Waals surface area contributed by atoms with Crippen LogP contribution in [0.4, 0.5) is 0 Å².